The zero-order valence-electron chi connectivity index (χ0n) is 14.6. The highest BCUT2D eigenvalue weighted by Crippen LogP contribution is 2.37. The summed E-state index contributed by atoms with van der Waals surface area (Å²) in [6.07, 6.45) is 1.44. The second-order valence-electron chi connectivity index (χ2n) is 6.54. The molecule has 1 aliphatic heterocycles. The van der Waals surface area contributed by atoms with Crippen molar-refractivity contribution in [2.75, 3.05) is 6.54 Å². The van der Waals surface area contributed by atoms with Crippen LogP contribution in [0.15, 0.2) is 9.42 Å². The highest BCUT2D eigenvalue weighted by Gasteiger charge is 2.41. The Bertz CT molecular complexity index is 853. The third-order valence-corrected chi connectivity index (χ3v) is 6.63. The average Bonchev–Trinajstić information content (AvgIpc) is 3.19. The van der Waals surface area contributed by atoms with Crippen LogP contribution in [0.2, 0.25) is 0 Å². The molecule has 1 atom stereocenters. The molecule has 9 heteroatoms. The van der Waals surface area contributed by atoms with E-state index in [1.165, 1.54) is 4.31 Å². The molecular weight excluding hydrogens is 330 g/mol. The Balaban J connectivity index is 2.00. The zero-order valence-corrected chi connectivity index (χ0v) is 15.5. The third-order valence-electron chi connectivity index (χ3n) is 4.47. The molecule has 0 radical (unpaired) electrons. The fraction of sp³-hybridized carbons (Fsp3) is 0.667. The summed E-state index contributed by atoms with van der Waals surface area (Å²) in [4.78, 5) is 4.67. The van der Waals surface area contributed by atoms with E-state index in [1.54, 1.807) is 25.6 Å². The van der Waals surface area contributed by atoms with Crippen LogP contribution in [0.25, 0.3) is 0 Å². The Labute approximate surface area is 141 Å². The van der Waals surface area contributed by atoms with Gasteiger partial charge in [-0.3, -0.25) is 4.68 Å². The van der Waals surface area contributed by atoms with Gasteiger partial charge >= 0.3 is 0 Å². The first-order chi connectivity index (χ1) is 11.2. The summed E-state index contributed by atoms with van der Waals surface area (Å²) in [5.74, 6) is 1.11. The van der Waals surface area contributed by atoms with E-state index in [0.717, 1.165) is 6.42 Å². The van der Waals surface area contributed by atoms with Crippen LogP contribution in [-0.2, 0) is 17.1 Å². The van der Waals surface area contributed by atoms with Gasteiger partial charge in [0.05, 0.1) is 11.4 Å². The lowest BCUT2D eigenvalue weighted by Crippen LogP contribution is -2.31. The fourth-order valence-corrected chi connectivity index (χ4v) is 5.19. The highest BCUT2D eigenvalue weighted by molar-refractivity contribution is 7.89. The lowest BCUT2D eigenvalue weighted by Gasteiger charge is -2.21. The van der Waals surface area contributed by atoms with Gasteiger partial charge in [-0.1, -0.05) is 19.0 Å². The lowest BCUT2D eigenvalue weighted by atomic mass is 10.2. The van der Waals surface area contributed by atoms with Crippen molar-refractivity contribution < 1.29 is 12.9 Å². The van der Waals surface area contributed by atoms with E-state index in [4.69, 9.17) is 4.52 Å². The predicted molar refractivity (Wildman–Crippen MR) is 86.9 cm³/mol. The molecule has 132 valence electrons. The van der Waals surface area contributed by atoms with E-state index in [-0.39, 0.29) is 10.8 Å². The minimum absolute atomic E-state index is 0.136. The molecule has 24 heavy (non-hydrogen) atoms. The largest absolute Gasteiger partial charge is 0.338 e. The molecule has 0 aliphatic carbocycles. The van der Waals surface area contributed by atoms with Crippen LogP contribution in [0, 0.1) is 13.8 Å². The van der Waals surface area contributed by atoms with Crippen molar-refractivity contribution in [1.82, 2.24) is 24.2 Å². The van der Waals surface area contributed by atoms with Crippen LogP contribution in [-0.4, -0.2) is 39.2 Å². The summed E-state index contributed by atoms with van der Waals surface area (Å²) in [6.45, 7) is 7.87. The molecule has 0 unspecified atom stereocenters. The van der Waals surface area contributed by atoms with Gasteiger partial charge in [0, 0.05) is 19.5 Å². The Morgan fingerprint density at radius 2 is 2.00 bits per heavy atom. The van der Waals surface area contributed by atoms with Gasteiger partial charge in [0.2, 0.25) is 15.9 Å². The third kappa shape index (κ3) is 2.65. The van der Waals surface area contributed by atoms with Crippen LogP contribution in [0.5, 0.6) is 0 Å². The fourth-order valence-electron chi connectivity index (χ4n) is 3.14. The zero-order chi connectivity index (χ0) is 17.6. The number of hydrogen-bond acceptors (Lipinski definition) is 6. The normalized spacial score (nSPS) is 19.5. The summed E-state index contributed by atoms with van der Waals surface area (Å²) in [6, 6.07) is -0.408. The van der Waals surface area contributed by atoms with E-state index in [9.17, 15) is 8.42 Å². The maximum absolute atomic E-state index is 13.2. The number of aryl methyl sites for hydroxylation is 2. The predicted octanol–water partition coefficient (Wildman–Crippen LogP) is 2.07. The van der Waals surface area contributed by atoms with Gasteiger partial charge in [-0.05, 0) is 26.7 Å². The van der Waals surface area contributed by atoms with Crippen LogP contribution in [0.3, 0.4) is 0 Å². The molecule has 1 aliphatic rings. The van der Waals surface area contributed by atoms with Crippen molar-refractivity contribution in [2.45, 2.75) is 57.4 Å². The van der Waals surface area contributed by atoms with Gasteiger partial charge in [0.1, 0.15) is 10.9 Å². The maximum Gasteiger partial charge on any atom is 0.247 e. The monoisotopic (exact) mass is 353 g/mol. The Hall–Kier alpha value is -1.74. The summed E-state index contributed by atoms with van der Waals surface area (Å²) in [7, 11) is -1.92. The molecular formula is C15H23N5O3S. The molecule has 8 nitrogen and oxygen atoms in total. The molecule has 0 aromatic carbocycles. The molecule has 1 saturated heterocycles. The molecule has 0 bridgehead atoms. The van der Waals surface area contributed by atoms with E-state index in [0.29, 0.717) is 36.1 Å². The van der Waals surface area contributed by atoms with Gasteiger partial charge in [0.15, 0.2) is 5.82 Å². The van der Waals surface area contributed by atoms with E-state index in [1.807, 2.05) is 13.8 Å². The second-order valence-corrected chi connectivity index (χ2v) is 8.37. The van der Waals surface area contributed by atoms with Crippen LogP contribution < -0.4 is 0 Å². The number of nitrogens with zero attached hydrogens (tertiary/aromatic N) is 5. The summed E-state index contributed by atoms with van der Waals surface area (Å²) < 4.78 is 34.8. The Morgan fingerprint density at radius 3 is 2.54 bits per heavy atom. The van der Waals surface area contributed by atoms with E-state index >= 15 is 0 Å². The van der Waals surface area contributed by atoms with Gasteiger partial charge in [-0.25, -0.2) is 8.42 Å². The lowest BCUT2D eigenvalue weighted by molar-refractivity contribution is 0.288. The molecule has 0 amide bonds. The molecule has 3 heterocycles. The van der Waals surface area contributed by atoms with Crippen molar-refractivity contribution in [2.24, 2.45) is 7.05 Å². The van der Waals surface area contributed by atoms with Crippen molar-refractivity contribution in [3.05, 3.63) is 23.1 Å². The molecule has 1 fully saturated rings. The van der Waals surface area contributed by atoms with Gasteiger partial charge in [0.25, 0.3) is 0 Å². The number of aromatic nitrogens is 4. The molecule has 0 spiro atoms. The molecule has 3 rings (SSSR count). The minimum atomic E-state index is -3.67. The first-order valence-corrected chi connectivity index (χ1v) is 9.53. The van der Waals surface area contributed by atoms with Crippen LogP contribution in [0.1, 0.15) is 61.8 Å². The molecule has 2 aromatic heterocycles. The summed E-state index contributed by atoms with van der Waals surface area (Å²) in [5, 5.41) is 8.20. The quantitative estimate of drug-likeness (QED) is 0.835. The van der Waals surface area contributed by atoms with Crippen LogP contribution >= 0.6 is 0 Å². The van der Waals surface area contributed by atoms with Crippen molar-refractivity contribution >= 4 is 10.0 Å². The first kappa shape index (κ1) is 17.1. The summed E-state index contributed by atoms with van der Waals surface area (Å²) in [5.41, 5.74) is 1.14. The van der Waals surface area contributed by atoms with Gasteiger partial charge in [-0.2, -0.15) is 14.4 Å². The number of hydrogen-bond donors (Lipinski definition) is 0. The van der Waals surface area contributed by atoms with Crippen LogP contribution in [0.4, 0.5) is 0 Å². The number of sulfonamides is 1. The van der Waals surface area contributed by atoms with Gasteiger partial charge < -0.3 is 4.52 Å². The van der Waals surface area contributed by atoms with Gasteiger partial charge in [-0.15, -0.1) is 0 Å². The smallest absolute Gasteiger partial charge is 0.247 e. The topological polar surface area (TPSA) is 94.1 Å². The highest BCUT2D eigenvalue weighted by atomic mass is 32.2. The van der Waals surface area contributed by atoms with Crippen molar-refractivity contribution in [3.63, 3.8) is 0 Å². The van der Waals surface area contributed by atoms with E-state index < -0.39 is 16.1 Å². The van der Waals surface area contributed by atoms with Crippen molar-refractivity contribution in [3.8, 4) is 0 Å². The maximum atomic E-state index is 13.2. The molecule has 0 saturated carbocycles. The standard InChI is InChI=1S/C15H23N5O3S/c1-9(2)14-16-15(23-18-14)12-7-6-8-20(12)24(21,22)13-10(3)17-19(5)11(13)4/h9,12H,6-8H2,1-5H3/t12-/m1/s1. The molecule has 0 N–H and O–H groups in total. The summed E-state index contributed by atoms with van der Waals surface area (Å²) >= 11 is 0. The average molecular weight is 353 g/mol. The SMILES string of the molecule is Cc1nn(C)c(C)c1S(=O)(=O)N1CCC[C@@H]1c1nc(C(C)C)no1. The number of rotatable bonds is 4. The minimum Gasteiger partial charge on any atom is -0.338 e. The first-order valence-electron chi connectivity index (χ1n) is 8.09. The van der Waals surface area contributed by atoms with E-state index in [2.05, 4.69) is 15.2 Å². The molecule has 2 aromatic rings. The second kappa shape index (κ2) is 5.96. The van der Waals surface area contributed by atoms with Crippen molar-refractivity contribution in [1.29, 1.82) is 0 Å². The Morgan fingerprint density at radius 1 is 1.29 bits per heavy atom. The Kier molecular flexibility index (Phi) is 4.25.